The smallest absolute Gasteiger partial charge is 0.241 e. The summed E-state index contributed by atoms with van der Waals surface area (Å²) in [6.45, 7) is 8.01. The fourth-order valence-electron chi connectivity index (χ4n) is 3.47. The van der Waals surface area contributed by atoms with Gasteiger partial charge in [0.1, 0.15) is 11.2 Å². The molecule has 0 aromatic heterocycles. The number of hydrogen-bond acceptors (Lipinski definition) is 6. The second-order valence-corrected chi connectivity index (χ2v) is 11.4. The Balaban J connectivity index is 0.000000231. The van der Waals surface area contributed by atoms with Crippen molar-refractivity contribution >= 4 is 58.3 Å². The maximum atomic E-state index is 11.8. The van der Waals surface area contributed by atoms with Crippen molar-refractivity contribution in [3.63, 3.8) is 0 Å². The van der Waals surface area contributed by atoms with Gasteiger partial charge in [-0.3, -0.25) is 0 Å². The Morgan fingerprint density at radius 3 is 1.17 bits per heavy atom. The number of carbonyl (C=O) groups excluding carboxylic acids is 2. The molecule has 0 unspecified atom stereocenters. The lowest BCUT2D eigenvalue weighted by Gasteiger charge is -2.31. The summed E-state index contributed by atoms with van der Waals surface area (Å²) in [5, 5.41) is 0.317. The second-order valence-electron chi connectivity index (χ2n) is 9.86. The van der Waals surface area contributed by atoms with E-state index < -0.39 is 23.1 Å². The number of hydrogen-bond donors (Lipinski definition) is 0. The van der Waals surface area contributed by atoms with E-state index in [2.05, 4.69) is 9.78 Å². The Kier molecular flexibility index (Phi) is 11.8. The van der Waals surface area contributed by atoms with Gasteiger partial charge < -0.3 is 0 Å². The van der Waals surface area contributed by atoms with Crippen LogP contribution in [0.15, 0.2) is 97.1 Å². The number of carbonyl (C=O) groups is 2. The zero-order valence-electron chi connectivity index (χ0n) is 23.2. The van der Waals surface area contributed by atoms with Crippen LogP contribution in [0.3, 0.4) is 0 Å². The summed E-state index contributed by atoms with van der Waals surface area (Å²) in [7, 11) is 0. The van der Waals surface area contributed by atoms with E-state index in [1.165, 1.54) is 36.4 Å². The van der Waals surface area contributed by atoms with E-state index in [4.69, 9.17) is 56.2 Å². The highest BCUT2D eigenvalue weighted by Gasteiger charge is 2.29. The predicted molar refractivity (Wildman–Crippen MR) is 165 cm³/mol. The quantitative estimate of drug-likeness (QED) is 0.147. The molecule has 0 amide bonds. The van der Waals surface area contributed by atoms with Gasteiger partial charge in [0.2, 0.25) is 0 Å². The van der Waals surface area contributed by atoms with Gasteiger partial charge in [-0.2, -0.15) is 0 Å². The van der Waals surface area contributed by atoms with E-state index in [1.807, 2.05) is 88.4 Å². The zero-order chi connectivity index (χ0) is 30.9. The van der Waals surface area contributed by atoms with Gasteiger partial charge in [-0.1, -0.05) is 119 Å². The van der Waals surface area contributed by atoms with Crippen LogP contribution in [0.1, 0.15) is 59.5 Å². The molecule has 4 aromatic carbocycles. The monoisotopic (exact) mass is 648 g/mol. The van der Waals surface area contributed by atoms with Gasteiger partial charge >= 0.3 is 11.9 Å². The second kappa shape index (κ2) is 14.9. The molecule has 42 heavy (non-hydrogen) atoms. The van der Waals surface area contributed by atoms with E-state index in [1.54, 1.807) is 0 Å². The van der Waals surface area contributed by atoms with Gasteiger partial charge in [0.05, 0.1) is 31.2 Å². The lowest BCUT2D eigenvalue weighted by atomic mass is 9.98. The first-order valence-electron chi connectivity index (χ1n) is 12.6. The molecule has 0 atom stereocenters. The van der Waals surface area contributed by atoms with Crippen molar-refractivity contribution in [1.82, 2.24) is 0 Å². The molecule has 4 aromatic rings. The van der Waals surface area contributed by atoms with Crippen molar-refractivity contribution in [1.29, 1.82) is 0 Å². The molecular formula is C32H28Cl4O6. The van der Waals surface area contributed by atoms with Crippen LogP contribution in [0.2, 0.25) is 20.1 Å². The summed E-state index contributed by atoms with van der Waals surface area (Å²) in [6, 6.07) is 28.9. The molecule has 10 heteroatoms. The minimum atomic E-state index is -0.973. The molecule has 0 fully saturated rings. The molecule has 6 nitrogen and oxygen atoms in total. The third-order valence-electron chi connectivity index (χ3n) is 5.93. The molecular weight excluding hydrogens is 622 g/mol. The Bertz CT molecular complexity index is 1390. The van der Waals surface area contributed by atoms with Crippen LogP contribution in [-0.2, 0) is 30.8 Å². The van der Waals surface area contributed by atoms with Gasteiger partial charge in [0.25, 0.3) is 0 Å². The van der Waals surface area contributed by atoms with E-state index >= 15 is 0 Å². The third kappa shape index (κ3) is 8.95. The lowest BCUT2D eigenvalue weighted by Crippen LogP contribution is -2.29. The van der Waals surface area contributed by atoms with Crippen molar-refractivity contribution in [3.05, 3.63) is 139 Å². The largest absolute Gasteiger partial charge is 0.387 e. The Labute approximate surface area is 264 Å². The van der Waals surface area contributed by atoms with E-state index in [9.17, 15) is 9.59 Å². The Morgan fingerprint density at radius 1 is 0.500 bits per heavy atom. The summed E-state index contributed by atoms with van der Waals surface area (Å²) in [6.07, 6.45) is 0. The van der Waals surface area contributed by atoms with Gasteiger partial charge in [0.15, 0.2) is 0 Å². The number of rotatable bonds is 7. The molecule has 0 spiro atoms. The van der Waals surface area contributed by atoms with Gasteiger partial charge in [-0.05, 0) is 63.1 Å². The summed E-state index contributed by atoms with van der Waals surface area (Å²) in [5.41, 5.74) is 1.10. The first-order chi connectivity index (χ1) is 19.8. The highest BCUT2D eigenvalue weighted by Crippen LogP contribution is 2.31. The van der Waals surface area contributed by atoms with Crippen LogP contribution in [-0.4, -0.2) is 11.9 Å². The minimum absolute atomic E-state index is 0.00833. The fourth-order valence-corrected chi connectivity index (χ4v) is 4.23. The third-order valence-corrected chi connectivity index (χ3v) is 7.57. The Morgan fingerprint density at radius 2 is 0.833 bits per heavy atom. The van der Waals surface area contributed by atoms with Crippen LogP contribution < -0.4 is 0 Å². The average Bonchev–Trinajstić information content (AvgIpc) is 2.99. The average molecular weight is 650 g/mol. The standard InChI is InChI=1S/C18H22O2.C14H6Cl4O4/c1-17(2,15-11-7-5-8-12-15)19-20-18(3,4)16-13-9-6-10-14-16;15-9-5-1-3-7(11(9)17)13(19)21-22-14(20)8-4-2-6-10(16)12(8)18/h5-14H,1-4H3;1-6H. The summed E-state index contributed by atoms with van der Waals surface area (Å²) in [5.74, 6) is -1.95. The van der Waals surface area contributed by atoms with Gasteiger partial charge in [0, 0.05) is 0 Å². The SMILES string of the molecule is CC(C)(OOC(C)(C)c1ccccc1)c1ccccc1.O=C(OOC(=O)c1cccc(Cl)c1Cl)c1cccc(Cl)c1Cl. The topological polar surface area (TPSA) is 71.1 Å². The molecule has 0 heterocycles. The van der Waals surface area contributed by atoms with Gasteiger partial charge in [-0.25, -0.2) is 29.1 Å². The number of benzene rings is 4. The number of halogens is 4. The fraction of sp³-hybridized carbons (Fsp3) is 0.188. The van der Waals surface area contributed by atoms with Gasteiger partial charge in [-0.15, -0.1) is 0 Å². The van der Waals surface area contributed by atoms with Crippen LogP contribution in [0.25, 0.3) is 0 Å². The summed E-state index contributed by atoms with van der Waals surface area (Å²) >= 11 is 23.3. The van der Waals surface area contributed by atoms with Crippen molar-refractivity contribution in [2.45, 2.75) is 38.9 Å². The highest BCUT2D eigenvalue weighted by molar-refractivity contribution is 6.44. The molecule has 0 aliphatic rings. The molecule has 0 radical (unpaired) electrons. The molecule has 0 aliphatic carbocycles. The van der Waals surface area contributed by atoms with E-state index in [0.717, 1.165) is 11.1 Å². The maximum absolute atomic E-state index is 11.8. The first kappa shape index (κ1) is 33.4. The van der Waals surface area contributed by atoms with Crippen LogP contribution in [0.4, 0.5) is 0 Å². The normalized spacial score (nSPS) is 11.2. The minimum Gasteiger partial charge on any atom is -0.241 e. The summed E-state index contributed by atoms with van der Waals surface area (Å²) in [4.78, 5) is 44.0. The van der Waals surface area contributed by atoms with Crippen molar-refractivity contribution in [3.8, 4) is 0 Å². The molecule has 220 valence electrons. The van der Waals surface area contributed by atoms with Crippen LogP contribution in [0, 0.1) is 0 Å². The van der Waals surface area contributed by atoms with Crippen LogP contribution >= 0.6 is 46.4 Å². The Hall–Kier alpha value is -3.10. The van der Waals surface area contributed by atoms with Crippen molar-refractivity contribution in [2.24, 2.45) is 0 Å². The summed E-state index contributed by atoms with van der Waals surface area (Å²) < 4.78 is 0. The first-order valence-corrected chi connectivity index (χ1v) is 14.1. The van der Waals surface area contributed by atoms with Crippen LogP contribution in [0.5, 0.6) is 0 Å². The lowest BCUT2D eigenvalue weighted by molar-refractivity contribution is -0.410. The molecule has 0 bridgehead atoms. The highest BCUT2D eigenvalue weighted by atomic mass is 35.5. The van der Waals surface area contributed by atoms with Crippen molar-refractivity contribution < 1.29 is 29.1 Å². The van der Waals surface area contributed by atoms with E-state index in [-0.39, 0.29) is 31.2 Å². The zero-order valence-corrected chi connectivity index (χ0v) is 26.2. The predicted octanol–water partition coefficient (Wildman–Crippen LogP) is 10.0. The molecule has 0 saturated carbocycles. The molecule has 0 saturated heterocycles. The van der Waals surface area contributed by atoms with E-state index in [0.29, 0.717) is 0 Å². The molecule has 0 N–H and O–H groups in total. The molecule has 4 rings (SSSR count). The maximum Gasteiger partial charge on any atom is 0.387 e. The van der Waals surface area contributed by atoms with Crippen molar-refractivity contribution in [2.75, 3.05) is 0 Å². The molecule has 0 aliphatic heterocycles.